The fourth-order valence-corrected chi connectivity index (χ4v) is 2.79. The van der Waals surface area contributed by atoms with Gasteiger partial charge in [0.15, 0.2) is 6.10 Å². The van der Waals surface area contributed by atoms with Gasteiger partial charge in [0, 0.05) is 23.7 Å². The van der Waals surface area contributed by atoms with E-state index < -0.39 is 6.10 Å². The fourth-order valence-electron chi connectivity index (χ4n) is 2.01. The highest BCUT2D eigenvalue weighted by molar-refractivity contribution is 9.10. The van der Waals surface area contributed by atoms with E-state index in [0.29, 0.717) is 33.9 Å². The summed E-state index contributed by atoms with van der Waals surface area (Å²) in [6.45, 7) is 2.29. The molecule has 0 aromatic heterocycles. The third kappa shape index (κ3) is 6.07. The molecular weight excluding hydrogens is 408 g/mol. The van der Waals surface area contributed by atoms with Gasteiger partial charge in [-0.15, -0.1) is 0 Å². The number of rotatable bonds is 7. The Hall–Kier alpha value is -2.05. The fraction of sp³-hybridized carbons (Fsp3) is 0.222. The van der Waals surface area contributed by atoms with E-state index in [1.54, 1.807) is 49.4 Å². The molecule has 0 aliphatic rings. The second kappa shape index (κ2) is 9.44. The maximum absolute atomic E-state index is 12.1. The van der Waals surface area contributed by atoms with Crippen molar-refractivity contribution in [2.45, 2.75) is 13.0 Å². The summed E-state index contributed by atoms with van der Waals surface area (Å²) in [7, 11) is 0. The number of amides is 2. The summed E-state index contributed by atoms with van der Waals surface area (Å²) in [5.41, 5.74) is 0.582. The van der Waals surface area contributed by atoms with Crippen LogP contribution in [0.4, 0.5) is 0 Å². The Morgan fingerprint density at radius 3 is 2.48 bits per heavy atom. The van der Waals surface area contributed by atoms with Gasteiger partial charge in [-0.25, -0.2) is 0 Å². The molecule has 1 atom stereocenters. The molecule has 2 rings (SSSR count). The van der Waals surface area contributed by atoms with Gasteiger partial charge in [0.2, 0.25) is 0 Å². The monoisotopic (exact) mass is 424 g/mol. The number of benzene rings is 2. The first-order chi connectivity index (χ1) is 12.0. The minimum Gasteiger partial charge on any atom is -0.480 e. The maximum atomic E-state index is 12.1. The minimum absolute atomic E-state index is 0.177. The average Bonchev–Trinajstić information content (AvgIpc) is 2.61. The van der Waals surface area contributed by atoms with Crippen molar-refractivity contribution in [3.8, 4) is 5.75 Å². The van der Waals surface area contributed by atoms with Crippen LogP contribution in [-0.2, 0) is 4.79 Å². The second-order valence-electron chi connectivity index (χ2n) is 5.25. The van der Waals surface area contributed by atoms with E-state index in [0.717, 1.165) is 0 Å². The third-order valence-corrected chi connectivity index (χ3v) is 4.17. The standard InChI is InChI=1S/C18H18BrClN2O3/c1-12(25-16-8-7-14(20)11-15(16)19)17(23)21-9-10-22-18(24)13-5-3-2-4-6-13/h2-8,11-12H,9-10H2,1H3,(H,21,23)(H,22,24). The maximum Gasteiger partial charge on any atom is 0.260 e. The average molecular weight is 426 g/mol. The molecule has 0 aliphatic heterocycles. The molecule has 2 N–H and O–H groups in total. The van der Waals surface area contributed by atoms with Crippen LogP contribution in [0.25, 0.3) is 0 Å². The molecule has 0 aliphatic carbocycles. The third-order valence-electron chi connectivity index (χ3n) is 3.31. The Labute approximate surface area is 159 Å². The van der Waals surface area contributed by atoms with Crippen LogP contribution in [0, 0.1) is 0 Å². The first-order valence-corrected chi connectivity index (χ1v) is 8.87. The number of carbonyl (C=O) groups is 2. The van der Waals surface area contributed by atoms with Crippen LogP contribution in [0.5, 0.6) is 5.75 Å². The van der Waals surface area contributed by atoms with Gasteiger partial charge in [0.1, 0.15) is 5.75 Å². The van der Waals surface area contributed by atoms with E-state index in [2.05, 4.69) is 26.6 Å². The summed E-state index contributed by atoms with van der Waals surface area (Å²) in [5.74, 6) is 0.0875. The predicted octanol–water partition coefficient (Wildman–Crippen LogP) is 3.42. The summed E-state index contributed by atoms with van der Waals surface area (Å²) < 4.78 is 6.28. The molecule has 5 nitrogen and oxygen atoms in total. The van der Waals surface area contributed by atoms with Crippen molar-refractivity contribution in [2.75, 3.05) is 13.1 Å². The molecule has 0 saturated carbocycles. The summed E-state index contributed by atoms with van der Waals surface area (Å²) in [5, 5.41) is 6.04. The van der Waals surface area contributed by atoms with Gasteiger partial charge in [-0.2, -0.15) is 0 Å². The topological polar surface area (TPSA) is 67.4 Å². The number of hydrogen-bond acceptors (Lipinski definition) is 3. The molecule has 0 radical (unpaired) electrons. The highest BCUT2D eigenvalue weighted by atomic mass is 79.9. The number of halogens is 2. The lowest BCUT2D eigenvalue weighted by atomic mass is 10.2. The molecule has 0 heterocycles. The Bertz CT molecular complexity index is 740. The van der Waals surface area contributed by atoms with E-state index in [4.69, 9.17) is 16.3 Å². The smallest absolute Gasteiger partial charge is 0.260 e. The molecule has 132 valence electrons. The largest absolute Gasteiger partial charge is 0.480 e. The van der Waals surface area contributed by atoms with Crippen LogP contribution in [-0.4, -0.2) is 31.0 Å². The van der Waals surface area contributed by atoms with Crippen LogP contribution in [0.2, 0.25) is 5.02 Å². The van der Waals surface area contributed by atoms with E-state index >= 15 is 0 Å². The zero-order valence-electron chi connectivity index (χ0n) is 13.6. The van der Waals surface area contributed by atoms with E-state index in [9.17, 15) is 9.59 Å². The predicted molar refractivity (Wildman–Crippen MR) is 101 cm³/mol. The van der Waals surface area contributed by atoms with Gasteiger partial charge in [0.25, 0.3) is 11.8 Å². The molecule has 1 unspecified atom stereocenters. The van der Waals surface area contributed by atoms with Crippen LogP contribution in [0.3, 0.4) is 0 Å². The lowest BCUT2D eigenvalue weighted by Crippen LogP contribution is -2.40. The number of carbonyl (C=O) groups excluding carboxylic acids is 2. The number of ether oxygens (including phenoxy) is 1. The highest BCUT2D eigenvalue weighted by Gasteiger charge is 2.15. The van der Waals surface area contributed by atoms with Crippen LogP contribution in [0.1, 0.15) is 17.3 Å². The summed E-state index contributed by atoms with van der Waals surface area (Å²) in [6.07, 6.45) is -0.678. The summed E-state index contributed by atoms with van der Waals surface area (Å²) >= 11 is 9.21. The second-order valence-corrected chi connectivity index (χ2v) is 6.54. The minimum atomic E-state index is -0.678. The van der Waals surface area contributed by atoms with E-state index in [-0.39, 0.29) is 11.8 Å². The van der Waals surface area contributed by atoms with Gasteiger partial charge >= 0.3 is 0 Å². The van der Waals surface area contributed by atoms with Crippen LogP contribution < -0.4 is 15.4 Å². The van der Waals surface area contributed by atoms with Crippen molar-refractivity contribution < 1.29 is 14.3 Å². The van der Waals surface area contributed by atoms with E-state index in [1.165, 1.54) is 0 Å². The Morgan fingerprint density at radius 2 is 1.80 bits per heavy atom. The van der Waals surface area contributed by atoms with E-state index in [1.807, 2.05) is 6.07 Å². The zero-order chi connectivity index (χ0) is 18.2. The lowest BCUT2D eigenvalue weighted by molar-refractivity contribution is -0.127. The highest BCUT2D eigenvalue weighted by Crippen LogP contribution is 2.28. The first-order valence-electron chi connectivity index (χ1n) is 7.70. The molecule has 0 fully saturated rings. The Balaban J connectivity index is 1.73. The molecule has 0 saturated heterocycles. The first kappa shape index (κ1) is 19.3. The molecule has 0 bridgehead atoms. The molecular formula is C18H18BrClN2O3. The normalized spacial score (nSPS) is 11.5. The van der Waals surface area contributed by atoms with Crippen molar-refractivity contribution in [3.63, 3.8) is 0 Å². The molecule has 25 heavy (non-hydrogen) atoms. The zero-order valence-corrected chi connectivity index (χ0v) is 15.9. The SMILES string of the molecule is CC(Oc1ccc(Cl)cc1Br)C(=O)NCCNC(=O)c1ccccc1. The molecule has 2 aromatic rings. The lowest BCUT2D eigenvalue weighted by Gasteiger charge is -2.16. The summed E-state index contributed by atoms with van der Waals surface area (Å²) in [4.78, 5) is 23.9. The Kier molecular flexibility index (Phi) is 7.28. The molecule has 2 aromatic carbocycles. The van der Waals surface area contributed by atoms with Crippen molar-refractivity contribution in [2.24, 2.45) is 0 Å². The summed E-state index contributed by atoms with van der Waals surface area (Å²) in [6, 6.07) is 14.0. The molecule has 7 heteroatoms. The quantitative estimate of drug-likeness (QED) is 0.668. The van der Waals surface area contributed by atoms with Crippen LogP contribution >= 0.6 is 27.5 Å². The molecule has 0 spiro atoms. The van der Waals surface area contributed by atoms with Gasteiger partial charge in [-0.1, -0.05) is 29.8 Å². The number of nitrogens with one attached hydrogen (secondary N) is 2. The van der Waals surface area contributed by atoms with Crippen molar-refractivity contribution >= 4 is 39.3 Å². The van der Waals surface area contributed by atoms with Gasteiger partial charge in [0.05, 0.1) is 4.47 Å². The van der Waals surface area contributed by atoms with Crippen molar-refractivity contribution in [1.29, 1.82) is 0 Å². The number of hydrogen-bond donors (Lipinski definition) is 2. The Morgan fingerprint density at radius 1 is 1.12 bits per heavy atom. The van der Waals surface area contributed by atoms with Crippen molar-refractivity contribution in [1.82, 2.24) is 10.6 Å². The van der Waals surface area contributed by atoms with Gasteiger partial charge in [-0.05, 0) is 53.2 Å². The van der Waals surface area contributed by atoms with Gasteiger partial charge in [-0.3, -0.25) is 9.59 Å². The van der Waals surface area contributed by atoms with Gasteiger partial charge < -0.3 is 15.4 Å². The molecule has 2 amide bonds. The van der Waals surface area contributed by atoms with Crippen LogP contribution in [0.15, 0.2) is 53.0 Å². The van der Waals surface area contributed by atoms with Crippen molar-refractivity contribution in [3.05, 3.63) is 63.6 Å².